The van der Waals surface area contributed by atoms with Crippen molar-refractivity contribution in [1.29, 1.82) is 0 Å². The number of rotatable bonds is 4. The number of amides is 1. The number of hydrogen-bond donors (Lipinski definition) is 3. The molecule has 3 N–H and O–H groups in total. The summed E-state index contributed by atoms with van der Waals surface area (Å²) in [5.74, 6) is -1.47. The lowest BCUT2D eigenvalue weighted by atomic mass is 10.1. The van der Waals surface area contributed by atoms with Gasteiger partial charge < -0.3 is 5.11 Å². The lowest BCUT2D eigenvalue weighted by molar-refractivity contribution is -0.0584. The number of H-pyrrole nitrogens is 1. The molecule has 0 radical (unpaired) electrons. The van der Waals surface area contributed by atoms with E-state index in [1.54, 1.807) is 35.8 Å². The Morgan fingerprint density at radius 3 is 2.34 bits per heavy atom. The van der Waals surface area contributed by atoms with Crippen molar-refractivity contribution in [3.63, 3.8) is 0 Å². The molecule has 0 aliphatic heterocycles. The number of aromatic hydroxyl groups is 1. The van der Waals surface area contributed by atoms with Crippen molar-refractivity contribution in [2.24, 2.45) is 5.10 Å². The lowest BCUT2D eigenvalue weighted by Gasteiger charge is -2.10. The van der Waals surface area contributed by atoms with Crippen LogP contribution < -0.4 is 11.0 Å². The lowest BCUT2D eigenvalue weighted by Crippen LogP contribution is -2.33. The Morgan fingerprint density at radius 2 is 1.72 bits per heavy atom. The van der Waals surface area contributed by atoms with Gasteiger partial charge in [0.15, 0.2) is 5.71 Å². The van der Waals surface area contributed by atoms with E-state index in [1.165, 1.54) is 31.2 Å². The molecule has 150 valence electrons. The molecule has 1 aromatic heterocycles. The number of hydrazone groups is 1. The summed E-state index contributed by atoms with van der Waals surface area (Å²) in [5, 5.41) is 15.4. The maximum absolute atomic E-state index is 13.6. The number of carbonyl (C=O) groups excluding carboxylic acids is 1. The summed E-state index contributed by atoms with van der Waals surface area (Å²) >= 11 is 0. The highest BCUT2D eigenvalue weighted by molar-refractivity contribution is 6.06. The standard InChI is InChI=1S/C19H15F3N4O3/c1-11-15(18(29)26(25-11)12-7-3-2-4-8-12)16(19(20,21)22)23-24-17(28)13-9-5-6-10-14(13)27/h2-10,25,27H,1H3,(H,24,28). The number of phenolic OH excluding ortho intramolecular Hbond substituents is 1. The summed E-state index contributed by atoms with van der Waals surface area (Å²) in [6.45, 7) is 1.29. The number of carbonyl (C=O) groups is 1. The van der Waals surface area contributed by atoms with Crippen LogP contribution in [0.5, 0.6) is 5.75 Å². The molecule has 2 aromatic carbocycles. The number of benzene rings is 2. The molecule has 1 heterocycles. The summed E-state index contributed by atoms with van der Waals surface area (Å²) in [6, 6.07) is 13.4. The van der Waals surface area contributed by atoms with Gasteiger partial charge in [0.05, 0.1) is 16.8 Å². The number of aromatic nitrogens is 2. The summed E-state index contributed by atoms with van der Waals surface area (Å²) in [7, 11) is 0. The van der Waals surface area contributed by atoms with Crippen molar-refractivity contribution in [3.05, 3.63) is 81.8 Å². The van der Waals surface area contributed by atoms with Gasteiger partial charge in [-0.1, -0.05) is 30.3 Å². The molecule has 7 nitrogen and oxygen atoms in total. The number of hydrogen-bond acceptors (Lipinski definition) is 4. The molecule has 0 aliphatic rings. The number of alkyl halides is 3. The summed E-state index contributed by atoms with van der Waals surface area (Å²) < 4.78 is 41.8. The number of nitrogens with one attached hydrogen (secondary N) is 2. The number of phenols is 1. The van der Waals surface area contributed by atoms with Crippen LogP contribution in [0, 0.1) is 6.92 Å². The zero-order valence-electron chi connectivity index (χ0n) is 15.0. The van der Waals surface area contributed by atoms with Gasteiger partial charge in [0.2, 0.25) is 0 Å². The van der Waals surface area contributed by atoms with E-state index in [4.69, 9.17) is 0 Å². The number of para-hydroxylation sites is 2. The Balaban J connectivity index is 2.04. The summed E-state index contributed by atoms with van der Waals surface area (Å²) in [6.07, 6.45) is -5.02. The van der Waals surface area contributed by atoms with Crippen LogP contribution in [0.1, 0.15) is 21.6 Å². The van der Waals surface area contributed by atoms with Gasteiger partial charge in [-0.15, -0.1) is 0 Å². The van der Waals surface area contributed by atoms with E-state index in [9.17, 15) is 27.9 Å². The molecule has 0 atom stereocenters. The predicted octanol–water partition coefficient (Wildman–Crippen LogP) is 2.88. The van der Waals surface area contributed by atoms with Crippen molar-refractivity contribution in [2.45, 2.75) is 13.1 Å². The SMILES string of the molecule is Cc1[nH]n(-c2ccccc2)c(=O)c1C(=NNC(=O)c1ccccc1O)C(F)(F)F. The van der Waals surface area contributed by atoms with Gasteiger partial charge in [0, 0.05) is 5.69 Å². The maximum Gasteiger partial charge on any atom is 0.435 e. The van der Waals surface area contributed by atoms with Crippen molar-refractivity contribution < 1.29 is 23.1 Å². The first kappa shape index (κ1) is 19.9. The zero-order chi connectivity index (χ0) is 21.2. The molecule has 3 aromatic rings. The Hall–Kier alpha value is -3.82. The van der Waals surface area contributed by atoms with Gasteiger partial charge in [-0.05, 0) is 31.2 Å². The maximum atomic E-state index is 13.6. The van der Waals surface area contributed by atoms with Crippen molar-refractivity contribution in [2.75, 3.05) is 0 Å². The molecule has 0 spiro atoms. The first-order valence-corrected chi connectivity index (χ1v) is 8.30. The molecule has 29 heavy (non-hydrogen) atoms. The number of nitrogens with zero attached hydrogens (tertiary/aromatic N) is 2. The Kier molecular flexibility index (Phi) is 5.26. The van der Waals surface area contributed by atoms with E-state index in [-0.39, 0.29) is 11.3 Å². The van der Waals surface area contributed by atoms with E-state index in [0.29, 0.717) is 5.69 Å². The van der Waals surface area contributed by atoms with Gasteiger partial charge in [0.25, 0.3) is 11.5 Å². The van der Waals surface area contributed by atoms with Crippen LogP contribution in [0.15, 0.2) is 64.5 Å². The first-order valence-electron chi connectivity index (χ1n) is 8.30. The third-order valence-electron chi connectivity index (χ3n) is 4.01. The van der Waals surface area contributed by atoms with E-state index >= 15 is 0 Å². The first-order chi connectivity index (χ1) is 13.7. The van der Waals surface area contributed by atoms with Gasteiger partial charge in [0.1, 0.15) is 5.75 Å². The van der Waals surface area contributed by atoms with Crippen molar-refractivity contribution in [3.8, 4) is 11.4 Å². The molecule has 3 rings (SSSR count). The van der Waals surface area contributed by atoms with Crippen LogP contribution in [0.2, 0.25) is 0 Å². The molecule has 0 fully saturated rings. The van der Waals surface area contributed by atoms with Crippen LogP contribution in [-0.2, 0) is 0 Å². The molecular weight excluding hydrogens is 389 g/mol. The van der Waals surface area contributed by atoms with Crippen molar-refractivity contribution in [1.82, 2.24) is 15.2 Å². The Bertz CT molecular complexity index is 1130. The number of halogens is 3. The molecule has 0 bridgehead atoms. The highest BCUT2D eigenvalue weighted by atomic mass is 19.4. The highest BCUT2D eigenvalue weighted by Gasteiger charge is 2.41. The molecule has 0 saturated heterocycles. The second kappa shape index (κ2) is 7.66. The number of aromatic amines is 1. The largest absolute Gasteiger partial charge is 0.507 e. The van der Waals surface area contributed by atoms with Gasteiger partial charge in [-0.2, -0.15) is 18.3 Å². The van der Waals surface area contributed by atoms with Crippen LogP contribution in [0.3, 0.4) is 0 Å². The molecule has 0 saturated carbocycles. The molecular formula is C19H15F3N4O3. The van der Waals surface area contributed by atoms with E-state index in [1.807, 2.05) is 0 Å². The topological polar surface area (TPSA) is 99.5 Å². The smallest absolute Gasteiger partial charge is 0.435 e. The minimum atomic E-state index is -5.02. The second-order valence-electron chi connectivity index (χ2n) is 6.00. The fourth-order valence-electron chi connectivity index (χ4n) is 2.68. The van der Waals surface area contributed by atoms with Gasteiger partial charge in [-0.25, -0.2) is 10.1 Å². The third kappa shape index (κ3) is 4.05. The minimum absolute atomic E-state index is 0.0771. The van der Waals surface area contributed by atoms with E-state index in [0.717, 1.165) is 4.68 Å². The Morgan fingerprint density at radius 1 is 1.10 bits per heavy atom. The quantitative estimate of drug-likeness (QED) is 0.461. The summed E-state index contributed by atoms with van der Waals surface area (Å²) in [4.78, 5) is 24.7. The molecule has 0 unspecified atom stereocenters. The summed E-state index contributed by atoms with van der Waals surface area (Å²) in [5.41, 5.74) is -1.50. The fourth-order valence-corrected chi connectivity index (χ4v) is 2.68. The molecule has 10 heteroatoms. The van der Waals surface area contributed by atoms with Crippen LogP contribution in [0.25, 0.3) is 5.69 Å². The van der Waals surface area contributed by atoms with Crippen LogP contribution >= 0.6 is 0 Å². The fraction of sp³-hybridized carbons (Fsp3) is 0.105. The normalized spacial score (nSPS) is 12.1. The monoisotopic (exact) mass is 404 g/mol. The zero-order valence-corrected chi connectivity index (χ0v) is 15.0. The average Bonchev–Trinajstić information content (AvgIpc) is 2.96. The second-order valence-corrected chi connectivity index (χ2v) is 6.00. The molecule has 0 aliphatic carbocycles. The van der Waals surface area contributed by atoms with Crippen LogP contribution in [0.4, 0.5) is 13.2 Å². The van der Waals surface area contributed by atoms with Gasteiger partial charge >= 0.3 is 6.18 Å². The minimum Gasteiger partial charge on any atom is -0.507 e. The third-order valence-corrected chi connectivity index (χ3v) is 4.01. The highest BCUT2D eigenvalue weighted by Crippen LogP contribution is 2.23. The Labute approximate surface area is 162 Å². The van der Waals surface area contributed by atoms with Crippen molar-refractivity contribution >= 4 is 11.6 Å². The average molecular weight is 404 g/mol. The number of aryl methyl sites for hydroxylation is 1. The van der Waals surface area contributed by atoms with Gasteiger partial charge in [-0.3, -0.25) is 14.7 Å². The molecule has 1 amide bonds. The van der Waals surface area contributed by atoms with E-state index < -0.39 is 34.7 Å². The predicted molar refractivity (Wildman–Crippen MR) is 99.3 cm³/mol. The van der Waals surface area contributed by atoms with E-state index in [2.05, 4.69) is 10.2 Å². The van der Waals surface area contributed by atoms with Crippen LogP contribution in [-0.4, -0.2) is 32.7 Å².